The van der Waals surface area contributed by atoms with E-state index in [0.29, 0.717) is 0 Å². The van der Waals surface area contributed by atoms with E-state index in [4.69, 9.17) is 5.11 Å². The first-order chi connectivity index (χ1) is 9.51. The highest BCUT2D eigenvalue weighted by molar-refractivity contribution is 5.68. The number of aliphatic hydroxyl groups is 1. The third-order valence-electron chi connectivity index (χ3n) is 3.27. The van der Waals surface area contributed by atoms with Gasteiger partial charge in [0.15, 0.2) is 0 Å². The molecule has 0 aliphatic rings. The van der Waals surface area contributed by atoms with Gasteiger partial charge in [-0.1, -0.05) is 23.8 Å². The molecule has 0 spiro atoms. The number of aliphatic carboxylic acids is 1. The quantitative estimate of drug-likeness (QED) is 0.877. The first-order valence-electron chi connectivity index (χ1n) is 6.48. The molecule has 20 heavy (non-hydrogen) atoms. The summed E-state index contributed by atoms with van der Waals surface area (Å²) in [6.07, 6.45) is 3.54. The molecule has 1 heterocycles. The van der Waals surface area contributed by atoms with Gasteiger partial charge in [-0.25, -0.2) is 0 Å². The average molecular weight is 274 g/mol. The fourth-order valence-electron chi connectivity index (χ4n) is 2.20. The second kappa shape index (κ2) is 5.88. The van der Waals surface area contributed by atoms with Crippen molar-refractivity contribution in [2.24, 2.45) is 0 Å². The second-order valence-electron chi connectivity index (χ2n) is 4.97. The summed E-state index contributed by atoms with van der Waals surface area (Å²) >= 11 is 0. The van der Waals surface area contributed by atoms with Crippen molar-refractivity contribution in [1.29, 1.82) is 0 Å². The van der Waals surface area contributed by atoms with Gasteiger partial charge in [0, 0.05) is 11.8 Å². The summed E-state index contributed by atoms with van der Waals surface area (Å²) in [7, 11) is 0. The number of hydrogen-bond acceptors (Lipinski definition) is 3. The Labute approximate surface area is 117 Å². The van der Waals surface area contributed by atoms with Crippen molar-refractivity contribution >= 4 is 5.97 Å². The standard InChI is InChI=1S/C15H18N2O3/c1-10-3-4-14(12(5-10)9-18)13-7-16-17(8-13)11(2)6-15(19)20/h3-5,7-8,11,18H,6,9H2,1-2H3,(H,19,20). The Bertz CT molecular complexity index is 619. The zero-order valence-corrected chi connectivity index (χ0v) is 11.6. The van der Waals surface area contributed by atoms with Crippen LogP contribution in [-0.2, 0) is 11.4 Å². The molecule has 0 fully saturated rings. The lowest BCUT2D eigenvalue weighted by Crippen LogP contribution is -2.10. The van der Waals surface area contributed by atoms with Gasteiger partial charge >= 0.3 is 5.97 Å². The molecule has 2 N–H and O–H groups in total. The van der Waals surface area contributed by atoms with Crippen LogP contribution in [0.15, 0.2) is 30.6 Å². The number of hydrogen-bond donors (Lipinski definition) is 2. The van der Waals surface area contributed by atoms with Crippen molar-refractivity contribution in [1.82, 2.24) is 9.78 Å². The fourth-order valence-corrected chi connectivity index (χ4v) is 2.20. The van der Waals surface area contributed by atoms with E-state index >= 15 is 0 Å². The Morgan fingerprint density at radius 1 is 1.45 bits per heavy atom. The summed E-state index contributed by atoms with van der Waals surface area (Å²) in [6.45, 7) is 3.75. The largest absolute Gasteiger partial charge is 0.481 e. The first-order valence-corrected chi connectivity index (χ1v) is 6.48. The SMILES string of the molecule is Cc1ccc(-c2cnn(C(C)CC(=O)O)c2)c(CO)c1. The van der Waals surface area contributed by atoms with E-state index in [1.165, 1.54) is 0 Å². The molecule has 0 aliphatic carbocycles. The van der Waals surface area contributed by atoms with E-state index in [1.54, 1.807) is 10.9 Å². The van der Waals surface area contributed by atoms with Crippen LogP contribution < -0.4 is 0 Å². The molecule has 2 aromatic rings. The van der Waals surface area contributed by atoms with E-state index in [0.717, 1.165) is 22.3 Å². The monoisotopic (exact) mass is 274 g/mol. The minimum absolute atomic E-state index is 0.0296. The lowest BCUT2D eigenvalue weighted by Gasteiger charge is -2.09. The number of carboxylic acids is 1. The predicted octanol–water partition coefficient (Wildman–Crippen LogP) is 2.39. The molecule has 1 unspecified atom stereocenters. The average Bonchev–Trinajstić information content (AvgIpc) is 2.87. The lowest BCUT2D eigenvalue weighted by molar-refractivity contribution is -0.137. The maximum atomic E-state index is 10.7. The smallest absolute Gasteiger partial charge is 0.305 e. The van der Waals surface area contributed by atoms with Gasteiger partial charge < -0.3 is 10.2 Å². The van der Waals surface area contributed by atoms with Crippen LogP contribution in [-0.4, -0.2) is 26.0 Å². The van der Waals surface area contributed by atoms with Crippen molar-refractivity contribution in [3.63, 3.8) is 0 Å². The number of carboxylic acid groups (broad SMARTS) is 1. The number of carbonyl (C=O) groups is 1. The number of rotatable bonds is 5. The summed E-state index contributed by atoms with van der Waals surface area (Å²) in [4.78, 5) is 10.7. The first kappa shape index (κ1) is 14.3. The van der Waals surface area contributed by atoms with E-state index < -0.39 is 5.97 Å². The summed E-state index contributed by atoms with van der Waals surface area (Å²) < 4.78 is 1.64. The van der Waals surface area contributed by atoms with Crippen LogP contribution in [0.1, 0.15) is 30.5 Å². The zero-order chi connectivity index (χ0) is 14.7. The molecule has 2 rings (SSSR count). The number of nitrogens with zero attached hydrogens (tertiary/aromatic N) is 2. The third kappa shape index (κ3) is 3.05. The minimum Gasteiger partial charge on any atom is -0.481 e. The molecule has 0 amide bonds. The van der Waals surface area contributed by atoms with Crippen LogP contribution in [0.25, 0.3) is 11.1 Å². The summed E-state index contributed by atoms with van der Waals surface area (Å²) in [5, 5.41) is 22.5. The van der Waals surface area contributed by atoms with Gasteiger partial charge in [0.2, 0.25) is 0 Å². The summed E-state index contributed by atoms with van der Waals surface area (Å²) in [5.74, 6) is -0.846. The van der Waals surface area contributed by atoms with Crippen LogP contribution in [0.2, 0.25) is 0 Å². The highest BCUT2D eigenvalue weighted by Gasteiger charge is 2.13. The van der Waals surface area contributed by atoms with Crippen LogP contribution in [0, 0.1) is 6.92 Å². The molecule has 0 bridgehead atoms. The molecule has 1 aromatic carbocycles. The van der Waals surface area contributed by atoms with Crippen LogP contribution in [0.5, 0.6) is 0 Å². The van der Waals surface area contributed by atoms with Gasteiger partial charge in [-0.3, -0.25) is 9.48 Å². The van der Waals surface area contributed by atoms with E-state index in [2.05, 4.69) is 5.10 Å². The van der Waals surface area contributed by atoms with E-state index in [9.17, 15) is 9.90 Å². The highest BCUT2D eigenvalue weighted by Crippen LogP contribution is 2.25. The van der Waals surface area contributed by atoms with Gasteiger partial charge in [0.05, 0.1) is 25.3 Å². The van der Waals surface area contributed by atoms with Gasteiger partial charge in [-0.05, 0) is 25.0 Å². The molecular weight excluding hydrogens is 256 g/mol. The minimum atomic E-state index is -0.846. The van der Waals surface area contributed by atoms with Crippen molar-refractivity contribution in [3.8, 4) is 11.1 Å². The molecule has 1 aromatic heterocycles. The van der Waals surface area contributed by atoms with Gasteiger partial charge in [-0.15, -0.1) is 0 Å². The molecule has 0 saturated heterocycles. The summed E-state index contributed by atoms with van der Waals surface area (Å²) in [5.41, 5.74) is 3.73. The Morgan fingerprint density at radius 2 is 2.20 bits per heavy atom. The number of aliphatic hydroxyl groups excluding tert-OH is 1. The maximum absolute atomic E-state index is 10.7. The Morgan fingerprint density at radius 3 is 2.85 bits per heavy atom. The van der Waals surface area contributed by atoms with Crippen molar-refractivity contribution in [2.75, 3.05) is 0 Å². The predicted molar refractivity (Wildman–Crippen MR) is 75.3 cm³/mol. The zero-order valence-electron chi connectivity index (χ0n) is 11.6. The van der Waals surface area contributed by atoms with E-state index in [1.807, 2.05) is 38.2 Å². The number of benzene rings is 1. The number of aryl methyl sites for hydroxylation is 1. The molecular formula is C15H18N2O3. The molecule has 106 valence electrons. The molecule has 5 heteroatoms. The lowest BCUT2D eigenvalue weighted by atomic mass is 10.0. The van der Waals surface area contributed by atoms with Crippen molar-refractivity contribution in [2.45, 2.75) is 32.9 Å². The molecule has 0 aliphatic heterocycles. The van der Waals surface area contributed by atoms with Crippen LogP contribution >= 0.6 is 0 Å². The second-order valence-corrected chi connectivity index (χ2v) is 4.97. The number of aromatic nitrogens is 2. The Hall–Kier alpha value is -2.14. The Kier molecular flexibility index (Phi) is 4.20. The molecule has 0 saturated carbocycles. The van der Waals surface area contributed by atoms with Gasteiger partial charge in [-0.2, -0.15) is 5.10 Å². The van der Waals surface area contributed by atoms with Gasteiger partial charge in [0.1, 0.15) is 0 Å². The Balaban J connectivity index is 2.31. The highest BCUT2D eigenvalue weighted by atomic mass is 16.4. The van der Waals surface area contributed by atoms with Crippen molar-refractivity contribution < 1.29 is 15.0 Å². The third-order valence-corrected chi connectivity index (χ3v) is 3.27. The van der Waals surface area contributed by atoms with E-state index in [-0.39, 0.29) is 19.1 Å². The molecule has 5 nitrogen and oxygen atoms in total. The van der Waals surface area contributed by atoms with Crippen LogP contribution in [0.3, 0.4) is 0 Å². The normalized spacial score (nSPS) is 12.3. The van der Waals surface area contributed by atoms with Crippen LogP contribution in [0.4, 0.5) is 0 Å². The summed E-state index contributed by atoms with van der Waals surface area (Å²) in [6, 6.07) is 5.66. The molecule has 0 radical (unpaired) electrons. The maximum Gasteiger partial charge on any atom is 0.305 e. The topological polar surface area (TPSA) is 75.4 Å². The fraction of sp³-hybridized carbons (Fsp3) is 0.333. The van der Waals surface area contributed by atoms with Gasteiger partial charge in [0.25, 0.3) is 0 Å². The molecule has 1 atom stereocenters. The van der Waals surface area contributed by atoms with Crippen molar-refractivity contribution in [3.05, 3.63) is 41.7 Å².